The van der Waals surface area contributed by atoms with Crippen LogP contribution in [0.1, 0.15) is 26.5 Å². The van der Waals surface area contributed by atoms with Crippen LogP contribution in [0.5, 0.6) is 0 Å². The van der Waals surface area contributed by atoms with Crippen LogP contribution in [-0.4, -0.2) is 5.97 Å². The average molecular weight is 244 g/mol. The molecule has 2 rings (SSSR count). The summed E-state index contributed by atoms with van der Waals surface area (Å²) in [6.45, 7) is 5.24. The van der Waals surface area contributed by atoms with Crippen molar-refractivity contribution in [1.29, 1.82) is 0 Å². The van der Waals surface area contributed by atoms with E-state index in [4.69, 9.17) is 9.15 Å². The first-order chi connectivity index (χ1) is 8.56. The predicted molar refractivity (Wildman–Crippen MR) is 70.1 cm³/mol. The maximum Gasteiger partial charge on any atom is 0.307 e. The van der Waals surface area contributed by atoms with Crippen LogP contribution in [0.3, 0.4) is 0 Å². The lowest BCUT2D eigenvalue weighted by Crippen LogP contribution is -2.03. The van der Waals surface area contributed by atoms with Gasteiger partial charge in [-0.25, -0.2) is 0 Å². The average Bonchev–Trinajstić information content (AvgIpc) is 2.69. The summed E-state index contributed by atoms with van der Waals surface area (Å²) in [7, 11) is 0. The number of allylic oxidation sites excluding steroid dienone is 2. The SMILES string of the molecule is CC(=O)OC(Cc1cc2ccccc2o1)=C(C)C. The van der Waals surface area contributed by atoms with Gasteiger partial charge in [0.2, 0.25) is 0 Å². The second-order valence-electron chi connectivity index (χ2n) is 4.44. The molecule has 0 atom stereocenters. The molecule has 0 amide bonds. The van der Waals surface area contributed by atoms with Gasteiger partial charge < -0.3 is 9.15 Å². The van der Waals surface area contributed by atoms with Gasteiger partial charge in [0.1, 0.15) is 17.1 Å². The number of furan rings is 1. The normalized spacial score (nSPS) is 10.4. The van der Waals surface area contributed by atoms with Crippen molar-refractivity contribution in [2.24, 2.45) is 0 Å². The Kier molecular flexibility index (Phi) is 3.51. The smallest absolute Gasteiger partial charge is 0.307 e. The number of hydrogen-bond donors (Lipinski definition) is 0. The Bertz CT molecular complexity index is 568. The Morgan fingerprint density at radius 2 is 1.94 bits per heavy atom. The molecule has 0 fully saturated rings. The van der Waals surface area contributed by atoms with E-state index in [9.17, 15) is 4.79 Å². The molecule has 94 valence electrons. The summed E-state index contributed by atoms with van der Waals surface area (Å²) in [5, 5.41) is 1.06. The molecule has 3 nitrogen and oxygen atoms in total. The second kappa shape index (κ2) is 5.08. The highest BCUT2D eigenvalue weighted by Gasteiger charge is 2.10. The van der Waals surface area contributed by atoms with Crippen molar-refractivity contribution >= 4 is 16.9 Å². The summed E-state index contributed by atoms with van der Waals surface area (Å²) < 4.78 is 10.9. The van der Waals surface area contributed by atoms with Crippen LogP contribution in [-0.2, 0) is 16.0 Å². The third-order valence-corrected chi connectivity index (χ3v) is 2.64. The first-order valence-electron chi connectivity index (χ1n) is 5.88. The van der Waals surface area contributed by atoms with E-state index in [2.05, 4.69) is 0 Å². The highest BCUT2D eigenvalue weighted by atomic mass is 16.5. The minimum atomic E-state index is -0.303. The topological polar surface area (TPSA) is 39.4 Å². The third kappa shape index (κ3) is 2.80. The van der Waals surface area contributed by atoms with E-state index in [0.29, 0.717) is 12.2 Å². The molecule has 2 aromatic rings. The predicted octanol–water partition coefficient (Wildman–Crippen LogP) is 3.83. The lowest BCUT2D eigenvalue weighted by molar-refractivity contribution is -0.137. The summed E-state index contributed by atoms with van der Waals surface area (Å²) in [6.07, 6.45) is 0.497. The molecule has 18 heavy (non-hydrogen) atoms. The van der Waals surface area contributed by atoms with Gasteiger partial charge in [-0.2, -0.15) is 0 Å². The number of carbonyl (C=O) groups is 1. The van der Waals surface area contributed by atoms with Gasteiger partial charge in [-0.1, -0.05) is 18.2 Å². The molecule has 0 aliphatic rings. The lowest BCUT2D eigenvalue weighted by atomic mass is 10.2. The standard InChI is InChI=1S/C15H16O3/c1-10(2)15(17-11(3)16)9-13-8-12-6-4-5-7-14(12)18-13/h4-8H,9H2,1-3H3. The van der Waals surface area contributed by atoms with Crippen molar-refractivity contribution in [2.45, 2.75) is 27.2 Å². The lowest BCUT2D eigenvalue weighted by Gasteiger charge is -2.07. The van der Waals surface area contributed by atoms with E-state index in [1.54, 1.807) is 0 Å². The molecule has 1 aromatic carbocycles. The Hall–Kier alpha value is -2.03. The van der Waals surface area contributed by atoms with E-state index in [-0.39, 0.29) is 5.97 Å². The maximum absolute atomic E-state index is 11.0. The van der Waals surface area contributed by atoms with Gasteiger partial charge in [0.25, 0.3) is 0 Å². The molecular formula is C15H16O3. The Morgan fingerprint density at radius 3 is 2.56 bits per heavy atom. The molecule has 0 unspecified atom stereocenters. The minimum Gasteiger partial charge on any atom is -0.461 e. The number of benzene rings is 1. The molecule has 3 heteroatoms. The Labute approximate surface area is 106 Å². The largest absolute Gasteiger partial charge is 0.461 e. The fourth-order valence-electron chi connectivity index (χ4n) is 1.77. The molecule has 0 bridgehead atoms. The molecule has 0 radical (unpaired) electrons. The molecule has 1 heterocycles. The fourth-order valence-corrected chi connectivity index (χ4v) is 1.77. The second-order valence-corrected chi connectivity index (χ2v) is 4.44. The molecule has 0 saturated carbocycles. The zero-order chi connectivity index (χ0) is 13.1. The van der Waals surface area contributed by atoms with Crippen LogP contribution in [0.15, 0.2) is 46.1 Å². The zero-order valence-corrected chi connectivity index (χ0v) is 10.8. The molecule has 0 saturated heterocycles. The van der Waals surface area contributed by atoms with Crippen LogP contribution in [0.25, 0.3) is 11.0 Å². The summed E-state index contributed by atoms with van der Waals surface area (Å²) >= 11 is 0. The van der Waals surface area contributed by atoms with Gasteiger partial charge in [0.05, 0.1) is 6.42 Å². The van der Waals surface area contributed by atoms with Gasteiger partial charge in [-0.15, -0.1) is 0 Å². The van der Waals surface area contributed by atoms with E-state index in [1.165, 1.54) is 6.92 Å². The number of ether oxygens (including phenoxy) is 1. The quantitative estimate of drug-likeness (QED) is 0.608. The number of esters is 1. The van der Waals surface area contributed by atoms with Crippen LogP contribution in [0, 0.1) is 0 Å². The molecule has 0 spiro atoms. The number of hydrogen-bond acceptors (Lipinski definition) is 3. The summed E-state index contributed by atoms with van der Waals surface area (Å²) in [5.41, 5.74) is 1.83. The van der Waals surface area contributed by atoms with Crippen molar-refractivity contribution in [2.75, 3.05) is 0 Å². The molecule has 1 aromatic heterocycles. The first-order valence-corrected chi connectivity index (χ1v) is 5.88. The molecule has 0 aliphatic carbocycles. The fraction of sp³-hybridized carbons (Fsp3) is 0.267. The Morgan fingerprint density at radius 1 is 1.22 bits per heavy atom. The van der Waals surface area contributed by atoms with Gasteiger partial charge in [0.15, 0.2) is 0 Å². The number of fused-ring (bicyclic) bond motifs is 1. The summed E-state index contributed by atoms with van der Waals surface area (Å²) in [6, 6.07) is 9.80. The van der Waals surface area contributed by atoms with E-state index in [1.807, 2.05) is 44.2 Å². The van der Waals surface area contributed by atoms with Crippen LogP contribution in [0.2, 0.25) is 0 Å². The molecular weight excluding hydrogens is 228 g/mol. The maximum atomic E-state index is 11.0. The number of para-hydroxylation sites is 1. The van der Waals surface area contributed by atoms with Crippen molar-refractivity contribution in [3.63, 3.8) is 0 Å². The van der Waals surface area contributed by atoms with E-state index >= 15 is 0 Å². The van der Waals surface area contributed by atoms with E-state index in [0.717, 1.165) is 22.3 Å². The van der Waals surface area contributed by atoms with Crippen molar-refractivity contribution in [3.05, 3.63) is 47.4 Å². The monoisotopic (exact) mass is 244 g/mol. The minimum absolute atomic E-state index is 0.303. The van der Waals surface area contributed by atoms with Crippen LogP contribution >= 0.6 is 0 Å². The summed E-state index contributed by atoms with van der Waals surface area (Å²) in [5.74, 6) is 1.15. The van der Waals surface area contributed by atoms with Crippen LogP contribution < -0.4 is 0 Å². The van der Waals surface area contributed by atoms with Crippen molar-refractivity contribution in [3.8, 4) is 0 Å². The highest BCUT2D eigenvalue weighted by molar-refractivity contribution is 5.77. The Balaban J connectivity index is 2.26. The van der Waals surface area contributed by atoms with Gasteiger partial charge in [0, 0.05) is 12.3 Å². The van der Waals surface area contributed by atoms with Gasteiger partial charge in [-0.05, 0) is 31.6 Å². The van der Waals surface area contributed by atoms with Crippen molar-refractivity contribution < 1.29 is 13.9 Å². The van der Waals surface area contributed by atoms with E-state index < -0.39 is 0 Å². The number of carbonyl (C=O) groups excluding carboxylic acids is 1. The molecule has 0 aliphatic heterocycles. The number of rotatable bonds is 3. The third-order valence-electron chi connectivity index (χ3n) is 2.64. The molecule has 0 N–H and O–H groups in total. The van der Waals surface area contributed by atoms with Crippen LogP contribution in [0.4, 0.5) is 0 Å². The first kappa shape index (κ1) is 12.4. The zero-order valence-electron chi connectivity index (χ0n) is 10.8. The van der Waals surface area contributed by atoms with Gasteiger partial charge in [-0.3, -0.25) is 4.79 Å². The summed E-state index contributed by atoms with van der Waals surface area (Å²) in [4.78, 5) is 11.0. The highest BCUT2D eigenvalue weighted by Crippen LogP contribution is 2.22. The van der Waals surface area contributed by atoms with Gasteiger partial charge >= 0.3 is 5.97 Å². The van der Waals surface area contributed by atoms with Crippen molar-refractivity contribution in [1.82, 2.24) is 0 Å².